The molecule has 0 aromatic carbocycles. The molecule has 4 nitrogen and oxygen atoms in total. The summed E-state index contributed by atoms with van der Waals surface area (Å²) in [5.74, 6) is -0.637. The number of carbonyl (C=O) groups is 2. The first kappa shape index (κ1) is 13.8. The van der Waals surface area contributed by atoms with Crippen LogP contribution in [0.5, 0.6) is 0 Å². The van der Waals surface area contributed by atoms with Crippen LogP contribution in [0.2, 0.25) is 0 Å². The second-order valence-corrected chi connectivity index (χ2v) is 6.01. The molecular weight excluding hydrogens is 296 g/mol. The number of likely N-dealkylation sites (N-methyl/N-ethyl adjacent to an activating group) is 1. The minimum absolute atomic E-state index is 0.199. The molecule has 2 amide bonds. The lowest BCUT2D eigenvalue weighted by Crippen LogP contribution is -2.56. The lowest BCUT2D eigenvalue weighted by Gasteiger charge is -2.38. The number of amides is 2. The highest BCUT2D eigenvalue weighted by Crippen LogP contribution is 2.40. The Morgan fingerprint density at radius 2 is 1.67 bits per heavy atom. The monoisotopic (exact) mass is 316 g/mol. The summed E-state index contributed by atoms with van der Waals surface area (Å²) in [5, 5.41) is 0.926. The Balaban J connectivity index is 2.02. The summed E-state index contributed by atoms with van der Waals surface area (Å²) in [6, 6.07) is 0. The molecule has 2 aliphatic rings. The van der Waals surface area contributed by atoms with E-state index in [1.54, 1.807) is 9.80 Å². The highest BCUT2D eigenvalue weighted by Gasteiger charge is 2.39. The van der Waals surface area contributed by atoms with Gasteiger partial charge in [-0.3, -0.25) is 9.59 Å². The van der Waals surface area contributed by atoms with E-state index in [0.717, 1.165) is 24.7 Å². The van der Waals surface area contributed by atoms with Gasteiger partial charge >= 0.3 is 11.8 Å². The van der Waals surface area contributed by atoms with Gasteiger partial charge in [0.25, 0.3) is 0 Å². The molecule has 1 aliphatic carbocycles. The van der Waals surface area contributed by atoms with Crippen molar-refractivity contribution in [1.82, 2.24) is 9.80 Å². The van der Waals surface area contributed by atoms with E-state index in [4.69, 9.17) is 0 Å². The molecule has 0 radical (unpaired) electrons. The van der Waals surface area contributed by atoms with E-state index >= 15 is 0 Å². The standard InChI is InChI=1S/C13H21BrN2O2/c1-2-15-7-8-16(12(18)11(15)17)10-13(9-14)5-3-4-6-13/h2-10H2,1H3. The molecule has 0 atom stereocenters. The average Bonchev–Trinajstić information content (AvgIpc) is 2.85. The number of piperazine rings is 1. The second-order valence-electron chi connectivity index (χ2n) is 5.45. The number of rotatable bonds is 4. The summed E-state index contributed by atoms with van der Waals surface area (Å²) in [7, 11) is 0. The Morgan fingerprint density at radius 3 is 2.22 bits per heavy atom. The van der Waals surface area contributed by atoms with Crippen molar-refractivity contribution in [3.8, 4) is 0 Å². The van der Waals surface area contributed by atoms with Crippen molar-refractivity contribution in [2.24, 2.45) is 5.41 Å². The molecular formula is C13H21BrN2O2. The van der Waals surface area contributed by atoms with Gasteiger partial charge in [0.1, 0.15) is 0 Å². The fraction of sp³-hybridized carbons (Fsp3) is 0.846. The Kier molecular flexibility index (Phi) is 4.30. The van der Waals surface area contributed by atoms with E-state index in [9.17, 15) is 9.59 Å². The van der Waals surface area contributed by atoms with Crippen LogP contribution in [-0.4, -0.2) is 53.1 Å². The number of halogens is 1. The van der Waals surface area contributed by atoms with Crippen LogP contribution < -0.4 is 0 Å². The fourth-order valence-corrected chi connectivity index (χ4v) is 3.77. The lowest BCUT2D eigenvalue weighted by molar-refractivity contribution is -0.156. The van der Waals surface area contributed by atoms with Crippen LogP contribution in [0.15, 0.2) is 0 Å². The molecule has 5 heteroatoms. The first-order valence-electron chi connectivity index (χ1n) is 6.76. The van der Waals surface area contributed by atoms with Gasteiger partial charge in [0.2, 0.25) is 0 Å². The van der Waals surface area contributed by atoms with Gasteiger partial charge in [-0.15, -0.1) is 0 Å². The Labute approximate surface area is 117 Å². The predicted molar refractivity (Wildman–Crippen MR) is 73.5 cm³/mol. The minimum Gasteiger partial charge on any atom is -0.333 e. The van der Waals surface area contributed by atoms with Crippen molar-refractivity contribution in [2.45, 2.75) is 32.6 Å². The van der Waals surface area contributed by atoms with E-state index in [2.05, 4.69) is 15.9 Å². The van der Waals surface area contributed by atoms with E-state index in [-0.39, 0.29) is 17.2 Å². The third-order valence-electron chi connectivity index (χ3n) is 4.25. The average molecular weight is 317 g/mol. The fourth-order valence-electron chi connectivity index (χ4n) is 3.03. The van der Waals surface area contributed by atoms with Crippen molar-refractivity contribution in [2.75, 3.05) is 31.5 Å². The highest BCUT2D eigenvalue weighted by atomic mass is 79.9. The van der Waals surface area contributed by atoms with Crippen LogP contribution in [0, 0.1) is 5.41 Å². The number of alkyl halides is 1. The number of nitrogens with zero attached hydrogens (tertiary/aromatic N) is 2. The van der Waals surface area contributed by atoms with Crippen LogP contribution in [0.3, 0.4) is 0 Å². The van der Waals surface area contributed by atoms with E-state index in [1.807, 2.05) is 6.92 Å². The summed E-state index contributed by atoms with van der Waals surface area (Å²) in [6.45, 7) is 4.65. The third-order valence-corrected chi connectivity index (χ3v) is 5.44. The van der Waals surface area contributed by atoms with Gasteiger partial charge in [-0.1, -0.05) is 28.8 Å². The second kappa shape index (κ2) is 5.59. The maximum atomic E-state index is 12.1. The molecule has 0 aromatic rings. The van der Waals surface area contributed by atoms with Crippen LogP contribution >= 0.6 is 15.9 Å². The van der Waals surface area contributed by atoms with Gasteiger partial charge in [0.05, 0.1) is 0 Å². The van der Waals surface area contributed by atoms with Crippen LogP contribution in [0.4, 0.5) is 0 Å². The normalized spacial score (nSPS) is 23.9. The maximum Gasteiger partial charge on any atom is 0.312 e. The third kappa shape index (κ3) is 2.56. The number of hydrogen-bond acceptors (Lipinski definition) is 2. The SMILES string of the molecule is CCN1CCN(CC2(CBr)CCCC2)C(=O)C1=O. The molecule has 1 heterocycles. The van der Waals surface area contributed by atoms with E-state index in [0.29, 0.717) is 19.6 Å². The van der Waals surface area contributed by atoms with Crippen LogP contribution in [0.1, 0.15) is 32.6 Å². The molecule has 0 unspecified atom stereocenters. The topological polar surface area (TPSA) is 40.6 Å². The van der Waals surface area contributed by atoms with Gasteiger partial charge in [-0.2, -0.15) is 0 Å². The molecule has 0 spiro atoms. The zero-order chi connectivity index (χ0) is 13.2. The maximum absolute atomic E-state index is 12.1. The van der Waals surface area contributed by atoms with E-state index in [1.165, 1.54) is 12.8 Å². The molecule has 18 heavy (non-hydrogen) atoms. The zero-order valence-electron chi connectivity index (χ0n) is 11.0. The molecule has 1 saturated heterocycles. The largest absolute Gasteiger partial charge is 0.333 e. The first-order valence-corrected chi connectivity index (χ1v) is 7.88. The predicted octanol–water partition coefficient (Wildman–Crippen LogP) is 1.63. The Bertz CT molecular complexity index is 340. The molecule has 2 fully saturated rings. The summed E-state index contributed by atoms with van der Waals surface area (Å²) >= 11 is 3.59. The molecule has 0 N–H and O–H groups in total. The molecule has 0 bridgehead atoms. The smallest absolute Gasteiger partial charge is 0.312 e. The van der Waals surface area contributed by atoms with Crippen molar-refractivity contribution in [1.29, 1.82) is 0 Å². The molecule has 1 saturated carbocycles. The Morgan fingerprint density at radius 1 is 1.11 bits per heavy atom. The first-order chi connectivity index (χ1) is 8.62. The van der Waals surface area contributed by atoms with Gasteiger partial charge in [-0.05, 0) is 25.2 Å². The van der Waals surface area contributed by atoms with Crippen molar-refractivity contribution in [3.63, 3.8) is 0 Å². The van der Waals surface area contributed by atoms with Crippen molar-refractivity contribution in [3.05, 3.63) is 0 Å². The van der Waals surface area contributed by atoms with Crippen LogP contribution in [0.25, 0.3) is 0 Å². The van der Waals surface area contributed by atoms with Gasteiger partial charge in [0, 0.05) is 31.5 Å². The molecule has 2 rings (SSSR count). The summed E-state index contributed by atoms with van der Waals surface area (Å²) in [4.78, 5) is 27.3. The lowest BCUT2D eigenvalue weighted by atomic mass is 9.88. The molecule has 0 aromatic heterocycles. The summed E-state index contributed by atoms with van der Waals surface area (Å²) in [6.07, 6.45) is 4.80. The van der Waals surface area contributed by atoms with E-state index < -0.39 is 0 Å². The van der Waals surface area contributed by atoms with Crippen LogP contribution in [-0.2, 0) is 9.59 Å². The molecule has 1 aliphatic heterocycles. The van der Waals surface area contributed by atoms with Gasteiger partial charge < -0.3 is 9.80 Å². The highest BCUT2D eigenvalue weighted by molar-refractivity contribution is 9.09. The minimum atomic E-state index is -0.327. The zero-order valence-corrected chi connectivity index (χ0v) is 12.5. The molecule has 102 valence electrons. The quantitative estimate of drug-likeness (QED) is 0.584. The summed E-state index contributed by atoms with van der Waals surface area (Å²) in [5.41, 5.74) is 0.199. The number of carbonyl (C=O) groups excluding carboxylic acids is 2. The summed E-state index contributed by atoms with van der Waals surface area (Å²) < 4.78 is 0. The Hall–Kier alpha value is -0.580. The van der Waals surface area contributed by atoms with Gasteiger partial charge in [0.15, 0.2) is 0 Å². The van der Waals surface area contributed by atoms with Gasteiger partial charge in [-0.25, -0.2) is 0 Å². The number of hydrogen-bond donors (Lipinski definition) is 0. The van der Waals surface area contributed by atoms with Crippen molar-refractivity contribution < 1.29 is 9.59 Å². The van der Waals surface area contributed by atoms with Crippen molar-refractivity contribution >= 4 is 27.7 Å².